The van der Waals surface area contributed by atoms with E-state index in [1.807, 2.05) is 18.7 Å². The summed E-state index contributed by atoms with van der Waals surface area (Å²) in [5.41, 5.74) is 2.30. The van der Waals surface area contributed by atoms with Gasteiger partial charge >= 0.3 is 0 Å². The molecule has 1 heterocycles. The smallest absolute Gasteiger partial charge is 0.0739 e. The highest BCUT2D eigenvalue weighted by Gasteiger charge is 2.28. The molecule has 17 heavy (non-hydrogen) atoms. The number of halogens is 2. The van der Waals surface area contributed by atoms with Crippen LogP contribution in [0.2, 0.25) is 0 Å². The molecule has 3 nitrogen and oxygen atoms in total. The van der Waals surface area contributed by atoms with Crippen LogP contribution in [0.25, 0.3) is 0 Å². The zero-order valence-electron chi connectivity index (χ0n) is 10.6. The van der Waals surface area contributed by atoms with E-state index in [1.54, 1.807) is 0 Å². The van der Waals surface area contributed by atoms with Gasteiger partial charge in [-0.15, -0.1) is 11.6 Å². The van der Waals surface area contributed by atoms with Crippen LogP contribution in [0.15, 0.2) is 4.47 Å². The monoisotopic (exact) mass is 319 g/mol. The highest BCUT2D eigenvalue weighted by molar-refractivity contribution is 9.10. The first-order valence-electron chi connectivity index (χ1n) is 5.98. The fourth-order valence-electron chi connectivity index (χ4n) is 2.42. The third kappa shape index (κ3) is 3.04. The van der Waals surface area contributed by atoms with Gasteiger partial charge in [-0.2, -0.15) is 5.10 Å². The lowest BCUT2D eigenvalue weighted by molar-refractivity contribution is 0.201. The van der Waals surface area contributed by atoms with Gasteiger partial charge in [0.25, 0.3) is 0 Å². The van der Waals surface area contributed by atoms with Gasteiger partial charge in [0, 0.05) is 25.5 Å². The van der Waals surface area contributed by atoms with E-state index in [-0.39, 0.29) is 0 Å². The fraction of sp³-hybridized carbons (Fsp3) is 0.750. The Morgan fingerprint density at radius 3 is 2.65 bits per heavy atom. The standard InChI is InChI=1S/C12H19BrClN3/c1-8-12(13)11(17(3)15-8)7-16(2)6-9-4-10(14)5-9/h9-10H,4-7H2,1-3H3. The molecule has 0 unspecified atom stereocenters. The van der Waals surface area contributed by atoms with E-state index < -0.39 is 0 Å². The average molecular weight is 321 g/mol. The Balaban J connectivity index is 1.91. The number of hydrogen-bond donors (Lipinski definition) is 0. The summed E-state index contributed by atoms with van der Waals surface area (Å²) in [4.78, 5) is 2.36. The van der Waals surface area contributed by atoms with Crippen LogP contribution in [0.3, 0.4) is 0 Å². The lowest BCUT2D eigenvalue weighted by atomic mass is 9.84. The first kappa shape index (κ1) is 13.4. The lowest BCUT2D eigenvalue weighted by Crippen LogP contribution is -2.34. The van der Waals surface area contributed by atoms with Crippen molar-refractivity contribution >= 4 is 27.5 Å². The SMILES string of the molecule is Cc1nn(C)c(CN(C)CC2CC(Cl)C2)c1Br. The zero-order chi connectivity index (χ0) is 12.6. The number of hydrogen-bond acceptors (Lipinski definition) is 2. The van der Waals surface area contributed by atoms with Crippen LogP contribution in [0.1, 0.15) is 24.2 Å². The summed E-state index contributed by atoms with van der Waals surface area (Å²) in [6.45, 7) is 4.08. The molecule has 0 spiro atoms. The van der Waals surface area contributed by atoms with E-state index in [0.717, 1.165) is 42.0 Å². The molecule has 0 saturated heterocycles. The van der Waals surface area contributed by atoms with Crippen molar-refractivity contribution < 1.29 is 0 Å². The summed E-state index contributed by atoms with van der Waals surface area (Å²) < 4.78 is 3.09. The summed E-state index contributed by atoms with van der Waals surface area (Å²) in [5, 5.41) is 4.83. The Bertz CT molecular complexity index is 399. The summed E-state index contributed by atoms with van der Waals surface area (Å²) in [6.07, 6.45) is 2.33. The minimum atomic E-state index is 0.416. The van der Waals surface area contributed by atoms with E-state index in [2.05, 4.69) is 33.0 Å². The second kappa shape index (κ2) is 5.29. The molecule has 2 rings (SSSR count). The first-order chi connectivity index (χ1) is 7.97. The van der Waals surface area contributed by atoms with Crippen molar-refractivity contribution in [1.82, 2.24) is 14.7 Å². The Kier molecular flexibility index (Phi) is 4.16. The van der Waals surface area contributed by atoms with Gasteiger partial charge in [-0.1, -0.05) is 0 Å². The summed E-state index contributed by atoms with van der Waals surface area (Å²) in [7, 11) is 4.16. The van der Waals surface area contributed by atoms with E-state index in [1.165, 1.54) is 5.69 Å². The Hall–Kier alpha value is -0.0600. The highest BCUT2D eigenvalue weighted by Crippen LogP contribution is 2.32. The summed E-state index contributed by atoms with van der Waals surface area (Å²) in [6, 6.07) is 0. The van der Waals surface area contributed by atoms with E-state index >= 15 is 0 Å². The number of aryl methyl sites for hydroxylation is 2. The molecule has 96 valence electrons. The largest absolute Gasteiger partial charge is 0.300 e. The molecule has 0 amide bonds. The van der Waals surface area contributed by atoms with Crippen LogP contribution in [0.4, 0.5) is 0 Å². The third-order valence-corrected chi connectivity index (χ3v) is 4.82. The van der Waals surface area contributed by atoms with Crippen molar-refractivity contribution in [2.75, 3.05) is 13.6 Å². The molecule has 0 radical (unpaired) electrons. The topological polar surface area (TPSA) is 21.1 Å². The quantitative estimate of drug-likeness (QED) is 0.795. The second-order valence-corrected chi connectivity index (χ2v) is 6.51. The lowest BCUT2D eigenvalue weighted by Gasteiger charge is -2.34. The average Bonchev–Trinajstić information content (AvgIpc) is 2.43. The molecule has 0 atom stereocenters. The zero-order valence-corrected chi connectivity index (χ0v) is 12.9. The van der Waals surface area contributed by atoms with Gasteiger partial charge in [-0.05, 0) is 48.7 Å². The van der Waals surface area contributed by atoms with Gasteiger partial charge in [0.15, 0.2) is 0 Å². The summed E-state index contributed by atoms with van der Waals surface area (Å²) in [5.74, 6) is 0.774. The summed E-state index contributed by atoms with van der Waals surface area (Å²) >= 11 is 9.61. The van der Waals surface area contributed by atoms with Crippen LogP contribution >= 0.6 is 27.5 Å². The molecule has 0 aromatic carbocycles. The van der Waals surface area contributed by atoms with Crippen LogP contribution in [-0.4, -0.2) is 33.6 Å². The number of rotatable bonds is 4. The van der Waals surface area contributed by atoms with E-state index in [9.17, 15) is 0 Å². The molecule has 0 N–H and O–H groups in total. The predicted molar refractivity (Wildman–Crippen MR) is 74.3 cm³/mol. The molecule has 1 saturated carbocycles. The molecular formula is C12H19BrClN3. The second-order valence-electron chi connectivity index (χ2n) is 5.10. The van der Waals surface area contributed by atoms with Crippen molar-refractivity contribution in [2.45, 2.75) is 31.7 Å². The van der Waals surface area contributed by atoms with Crippen molar-refractivity contribution in [3.8, 4) is 0 Å². The van der Waals surface area contributed by atoms with Crippen LogP contribution in [-0.2, 0) is 13.6 Å². The van der Waals surface area contributed by atoms with Crippen LogP contribution in [0, 0.1) is 12.8 Å². The van der Waals surface area contributed by atoms with Gasteiger partial charge < -0.3 is 4.90 Å². The molecule has 1 aliphatic carbocycles. The Morgan fingerprint density at radius 1 is 1.53 bits per heavy atom. The van der Waals surface area contributed by atoms with Gasteiger partial charge in [-0.3, -0.25) is 4.68 Å². The third-order valence-electron chi connectivity index (χ3n) is 3.43. The molecule has 1 aliphatic rings. The van der Waals surface area contributed by atoms with E-state index in [4.69, 9.17) is 11.6 Å². The highest BCUT2D eigenvalue weighted by atomic mass is 79.9. The maximum atomic E-state index is 6.00. The van der Waals surface area contributed by atoms with Gasteiger partial charge in [-0.25, -0.2) is 0 Å². The normalized spacial score (nSPS) is 24.1. The molecule has 1 aromatic heterocycles. The predicted octanol–water partition coefficient (Wildman–Crippen LogP) is 2.94. The Morgan fingerprint density at radius 2 is 2.18 bits per heavy atom. The molecular weight excluding hydrogens is 302 g/mol. The van der Waals surface area contributed by atoms with Gasteiger partial charge in [0.05, 0.1) is 15.9 Å². The van der Waals surface area contributed by atoms with Crippen molar-refractivity contribution in [1.29, 1.82) is 0 Å². The van der Waals surface area contributed by atoms with Crippen LogP contribution < -0.4 is 0 Å². The molecule has 5 heteroatoms. The van der Waals surface area contributed by atoms with Crippen molar-refractivity contribution in [3.63, 3.8) is 0 Å². The van der Waals surface area contributed by atoms with Gasteiger partial charge in [0.1, 0.15) is 0 Å². The molecule has 1 fully saturated rings. The molecule has 0 bridgehead atoms. The van der Waals surface area contributed by atoms with Crippen LogP contribution in [0.5, 0.6) is 0 Å². The Labute approximate surface area is 116 Å². The maximum absolute atomic E-state index is 6.00. The van der Waals surface area contributed by atoms with Crippen molar-refractivity contribution in [2.24, 2.45) is 13.0 Å². The van der Waals surface area contributed by atoms with E-state index in [0.29, 0.717) is 5.38 Å². The first-order valence-corrected chi connectivity index (χ1v) is 7.21. The number of alkyl halides is 1. The minimum absolute atomic E-state index is 0.416. The van der Waals surface area contributed by atoms with Crippen molar-refractivity contribution in [3.05, 3.63) is 15.9 Å². The molecule has 1 aromatic rings. The minimum Gasteiger partial charge on any atom is -0.300 e. The number of nitrogens with zero attached hydrogens (tertiary/aromatic N) is 3. The van der Waals surface area contributed by atoms with Gasteiger partial charge in [0.2, 0.25) is 0 Å². The maximum Gasteiger partial charge on any atom is 0.0739 e. The number of aromatic nitrogens is 2. The fourth-order valence-corrected chi connectivity index (χ4v) is 3.38. The molecule has 0 aliphatic heterocycles.